The number of sulfonamides is 1. The zero-order chi connectivity index (χ0) is 18.6. The van der Waals surface area contributed by atoms with E-state index in [1.54, 1.807) is 35.7 Å². The summed E-state index contributed by atoms with van der Waals surface area (Å²) in [5.41, 5.74) is 1.28. The Bertz CT molecular complexity index is 1020. The number of carbonyl (C=O) groups is 1. The Kier molecular flexibility index (Phi) is 5.29. The van der Waals surface area contributed by atoms with Gasteiger partial charge in [0.2, 0.25) is 5.91 Å². The van der Waals surface area contributed by atoms with Crippen molar-refractivity contribution in [3.63, 3.8) is 0 Å². The molecule has 2 N–H and O–H groups in total. The van der Waals surface area contributed by atoms with Gasteiger partial charge in [-0.25, -0.2) is 18.4 Å². The highest BCUT2D eigenvalue weighted by atomic mass is 32.2. The summed E-state index contributed by atoms with van der Waals surface area (Å²) in [6.45, 7) is 1.83. The molecule has 0 spiro atoms. The van der Waals surface area contributed by atoms with Crippen LogP contribution < -0.4 is 10.0 Å². The van der Waals surface area contributed by atoms with Crippen molar-refractivity contribution in [3.8, 4) is 0 Å². The topological polar surface area (TPSA) is 101 Å². The second-order valence-corrected chi connectivity index (χ2v) is 7.99. The molecule has 1 aromatic carbocycles. The van der Waals surface area contributed by atoms with Crippen LogP contribution in [-0.2, 0) is 21.2 Å². The average molecular weight is 388 g/mol. The number of aryl methyl sites for hydroxylation is 1. The van der Waals surface area contributed by atoms with Crippen molar-refractivity contribution in [2.45, 2.75) is 18.2 Å². The predicted molar refractivity (Wildman–Crippen MR) is 101 cm³/mol. The number of thiazole rings is 1. The van der Waals surface area contributed by atoms with Crippen molar-refractivity contribution in [2.75, 3.05) is 10.0 Å². The fraction of sp³-hybridized carbons (Fsp3) is 0.118. The van der Waals surface area contributed by atoms with Crippen LogP contribution in [0.15, 0.2) is 58.8 Å². The Labute approximate surface area is 155 Å². The fourth-order valence-electron chi connectivity index (χ4n) is 2.17. The molecule has 0 unspecified atom stereocenters. The van der Waals surface area contributed by atoms with Crippen LogP contribution in [0.25, 0.3) is 0 Å². The zero-order valence-electron chi connectivity index (χ0n) is 13.8. The third-order valence-corrected chi connectivity index (χ3v) is 5.62. The molecule has 26 heavy (non-hydrogen) atoms. The lowest BCUT2D eigenvalue weighted by Crippen LogP contribution is -2.16. The largest absolute Gasteiger partial charge is 0.310 e. The van der Waals surface area contributed by atoms with Crippen LogP contribution in [0.1, 0.15) is 11.4 Å². The number of rotatable bonds is 6. The molecule has 9 heteroatoms. The third-order valence-electron chi connectivity index (χ3n) is 3.32. The van der Waals surface area contributed by atoms with Crippen molar-refractivity contribution in [2.24, 2.45) is 0 Å². The lowest BCUT2D eigenvalue weighted by atomic mass is 10.3. The van der Waals surface area contributed by atoms with E-state index in [1.165, 1.54) is 12.1 Å². The van der Waals surface area contributed by atoms with E-state index in [-0.39, 0.29) is 22.4 Å². The van der Waals surface area contributed by atoms with E-state index in [1.807, 2.05) is 13.0 Å². The minimum Gasteiger partial charge on any atom is -0.310 e. The minimum absolute atomic E-state index is 0.0270. The molecule has 2 aromatic heterocycles. The van der Waals surface area contributed by atoms with Gasteiger partial charge in [0.25, 0.3) is 10.0 Å². The number of anilines is 2. The molecular formula is C17H16N4O3S2. The van der Waals surface area contributed by atoms with E-state index >= 15 is 0 Å². The molecule has 3 rings (SSSR count). The number of hydrogen-bond donors (Lipinski definition) is 2. The smallest absolute Gasteiger partial charge is 0.263 e. The number of pyridine rings is 1. The summed E-state index contributed by atoms with van der Waals surface area (Å²) in [7, 11) is -3.69. The van der Waals surface area contributed by atoms with Crippen LogP contribution in [-0.4, -0.2) is 24.3 Å². The lowest BCUT2D eigenvalue weighted by molar-refractivity contribution is -0.115. The Hall–Kier alpha value is -2.78. The van der Waals surface area contributed by atoms with Gasteiger partial charge in [-0.1, -0.05) is 24.3 Å². The summed E-state index contributed by atoms with van der Waals surface area (Å²) in [5, 5.41) is 4.55. The number of nitrogens with one attached hydrogen (secondary N) is 2. The first-order valence-electron chi connectivity index (χ1n) is 7.68. The highest BCUT2D eigenvalue weighted by molar-refractivity contribution is 7.93. The minimum atomic E-state index is -3.69. The van der Waals surface area contributed by atoms with Crippen LogP contribution in [0.5, 0.6) is 0 Å². The van der Waals surface area contributed by atoms with Crippen molar-refractivity contribution in [1.29, 1.82) is 0 Å². The first kappa shape index (κ1) is 18.0. The maximum absolute atomic E-state index is 12.3. The molecule has 0 saturated carbocycles. The van der Waals surface area contributed by atoms with Gasteiger partial charge in [0.1, 0.15) is 5.82 Å². The summed E-state index contributed by atoms with van der Waals surface area (Å²) in [4.78, 5) is 20.6. The SMILES string of the molecule is Cc1cccc(NC(=O)Cc2csc(NS(=O)(=O)c3ccccc3)n2)n1. The Balaban J connectivity index is 1.64. The van der Waals surface area contributed by atoms with Crippen molar-refractivity contribution in [3.05, 3.63) is 65.3 Å². The lowest BCUT2D eigenvalue weighted by Gasteiger charge is -2.05. The van der Waals surface area contributed by atoms with Gasteiger partial charge in [0.05, 0.1) is 17.0 Å². The van der Waals surface area contributed by atoms with Crippen LogP contribution in [0.2, 0.25) is 0 Å². The van der Waals surface area contributed by atoms with E-state index in [2.05, 4.69) is 20.0 Å². The molecule has 2 heterocycles. The van der Waals surface area contributed by atoms with Gasteiger partial charge in [-0.15, -0.1) is 11.3 Å². The molecule has 134 valence electrons. The van der Waals surface area contributed by atoms with Gasteiger partial charge in [0.15, 0.2) is 5.13 Å². The van der Waals surface area contributed by atoms with Crippen molar-refractivity contribution in [1.82, 2.24) is 9.97 Å². The van der Waals surface area contributed by atoms with Gasteiger partial charge < -0.3 is 5.32 Å². The van der Waals surface area contributed by atoms with Gasteiger partial charge in [-0.3, -0.25) is 9.52 Å². The third kappa shape index (κ3) is 4.64. The highest BCUT2D eigenvalue weighted by Crippen LogP contribution is 2.20. The summed E-state index contributed by atoms with van der Waals surface area (Å²) >= 11 is 1.12. The molecule has 0 aliphatic carbocycles. The maximum Gasteiger partial charge on any atom is 0.263 e. The zero-order valence-corrected chi connectivity index (χ0v) is 15.5. The second kappa shape index (κ2) is 7.63. The number of hydrogen-bond acceptors (Lipinski definition) is 6. The highest BCUT2D eigenvalue weighted by Gasteiger charge is 2.16. The molecule has 0 saturated heterocycles. The summed E-state index contributed by atoms with van der Waals surface area (Å²) in [5.74, 6) is 0.195. The number of nitrogens with zero attached hydrogens (tertiary/aromatic N) is 2. The summed E-state index contributed by atoms with van der Waals surface area (Å²) in [6, 6.07) is 13.4. The Morgan fingerprint density at radius 3 is 2.58 bits per heavy atom. The molecule has 3 aromatic rings. The van der Waals surface area contributed by atoms with Crippen molar-refractivity contribution >= 4 is 38.2 Å². The molecule has 0 bridgehead atoms. The molecule has 0 atom stereocenters. The Morgan fingerprint density at radius 1 is 1.08 bits per heavy atom. The number of benzene rings is 1. The van der Waals surface area contributed by atoms with Crippen LogP contribution in [0.3, 0.4) is 0 Å². The van der Waals surface area contributed by atoms with Crippen LogP contribution in [0, 0.1) is 6.92 Å². The monoisotopic (exact) mass is 388 g/mol. The van der Waals surface area contributed by atoms with Gasteiger partial charge in [0, 0.05) is 11.1 Å². The van der Waals surface area contributed by atoms with Crippen LogP contribution >= 0.6 is 11.3 Å². The fourth-order valence-corrected chi connectivity index (χ4v) is 4.16. The molecular weight excluding hydrogens is 372 g/mol. The summed E-state index contributed by atoms with van der Waals surface area (Å²) < 4.78 is 27.0. The molecule has 7 nitrogen and oxygen atoms in total. The first-order chi connectivity index (χ1) is 12.4. The average Bonchev–Trinajstić information content (AvgIpc) is 3.01. The normalized spacial score (nSPS) is 11.1. The maximum atomic E-state index is 12.3. The van der Waals surface area contributed by atoms with Gasteiger partial charge in [-0.05, 0) is 31.2 Å². The number of carbonyl (C=O) groups excluding carboxylic acids is 1. The molecule has 0 radical (unpaired) electrons. The first-order valence-corrected chi connectivity index (χ1v) is 10.0. The van der Waals surface area contributed by atoms with Gasteiger partial charge >= 0.3 is 0 Å². The van der Waals surface area contributed by atoms with Crippen LogP contribution in [0.4, 0.5) is 10.9 Å². The molecule has 0 fully saturated rings. The molecule has 1 amide bonds. The van der Waals surface area contributed by atoms with E-state index in [0.29, 0.717) is 11.5 Å². The summed E-state index contributed by atoms with van der Waals surface area (Å²) in [6.07, 6.45) is 0.0270. The van der Waals surface area contributed by atoms with E-state index in [0.717, 1.165) is 17.0 Å². The quantitative estimate of drug-likeness (QED) is 0.676. The van der Waals surface area contributed by atoms with E-state index in [4.69, 9.17) is 0 Å². The standard InChI is InChI=1S/C17H16N4O3S2/c1-12-6-5-9-15(18-12)20-16(22)10-13-11-25-17(19-13)21-26(23,24)14-7-3-2-4-8-14/h2-9,11H,10H2,1H3,(H,19,21)(H,18,20,22). The number of aromatic nitrogens is 2. The Morgan fingerprint density at radius 2 is 1.85 bits per heavy atom. The van der Waals surface area contributed by atoms with E-state index < -0.39 is 10.0 Å². The van der Waals surface area contributed by atoms with Crippen molar-refractivity contribution < 1.29 is 13.2 Å². The molecule has 0 aliphatic heterocycles. The molecule has 0 aliphatic rings. The predicted octanol–water partition coefficient (Wildman–Crippen LogP) is 2.83. The second-order valence-electron chi connectivity index (χ2n) is 5.45. The number of amides is 1. The van der Waals surface area contributed by atoms with Gasteiger partial charge in [-0.2, -0.15) is 0 Å². The van der Waals surface area contributed by atoms with E-state index in [9.17, 15) is 13.2 Å².